The highest BCUT2D eigenvalue weighted by Gasteiger charge is 2.13. The van der Waals surface area contributed by atoms with E-state index in [1.165, 1.54) is 5.56 Å². The minimum atomic E-state index is 0.290. The average molecular weight is 310 g/mol. The van der Waals surface area contributed by atoms with E-state index in [4.69, 9.17) is 9.47 Å². The number of ether oxygens (including phenoxy) is 2. The van der Waals surface area contributed by atoms with Gasteiger partial charge in [-0.25, -0.2) is 0 Å². The van der Waals surface area contributed by atoms with E-state index in [9.17, 15) is 0 Å². The first kappa shape index (κ1) is 15.0. The van der Waals surface area contributed by atoms with Gasteiger partial charge in [0.15, 0.2) is 11.5 Å². The van der Waals surface area contributed by atoms with Gasteiger partial charge in [-0.1, -0.05) is 42.7 Å². The van der Waals surface area contributed by atoms with Crippen molar-refractivity contribution in [2.75, 3.05) is 7.11 Å². The molecule has 6 nitrogen and oxygen atoms in total. The second kappa shape index (κ2) is 6.91. The first-order valence-electron chi connectivity index (χ1n) is 7.50. The summed E-state index contributed by atoms with van der Waals surface area (Å²) in [7, 11) is 1.62. The van der Waals surface area contributed by atoms with Gasteiger partial charge in [0, 0.05) is 0 Å². The van der Waals surface area contributed by atoms with E-state index >= 15 is 0 Å². The zero-order valence-corrected chi connectivity index (χ0v) is 13.1. The van der Waals surface area contributed by atoms with Gasteiger partial charge in [0.25, 0.3) is 0 Å². The Balaban J connectivity index is 1.90. The maximum Gasteiger partial charge on any atom is 0.346 e. The molecule has 23 heavy (non-hydrogen) atoms. The predicted octanol–water partition coefficient (Wildman–Crippen LogP) is 3.42. The Kier molecular flexibility index (Phi) is 4.52. The fourth-order valence-corrected chi connectivity index (χ4v) is 2.31. The summed E-state index contributed by atoms with van der Waals surface area (Å²) in [5, 5.41) is 11.6. The molecular formula is C17H18N4O2. The van der Waals surface area contributed by atoms with Crippen LogP contribution in [0.25, 0.3) is 5.69 Å². The third kappa shape index (κ3) is 3.31. The van der Waals surface area contributed by atoms with Gasteiger partial charge in [0.05, 0.1) is 12.8 Å². The van der Waals surface area contributed by atoms with E-state index in [1.807, 2.05) is 48.5 Å². The largest absolute Gasteiger partial charge is 0.493 e. The fourth-order valence-electron chi connectivity index (χ4n) is 2.31. The van der Waals surface area contributed by atoms with Crippen LogP contribution in [0.1, 0.15) is 18.9 Å². The van der Waals surface area contributed by atoms with E-state index in [2.05, 4.69) is 22.4 Å². The number of tetrazole rings is 1. The van der Waals surface area contributed by atoms with E-state index in [0.29, 0.717) is 11.5 Å². The quantitative estimate of drug-likeness (QED) is 0.698. The highest BCUT2D eigenvalue weighted by atomic mass is 16.5. The molecule has 0 N–H and O–H groups in total. The lowest BCUT2D eigenvalue weighted by atomic mass is 10.1. The van der Waals surface area contributed by atoms with Crippen LogP contribution in [0.4, 0.5) is 0 Å². The maximum absolute atomic E-state index is 5.86. The predicted molar refractivity (Wildman–Crippen MR) is 86.2 cm³/mol. The third-order valence-corrected chi connectivity index (χ3v) is 3.41. The highest BCUT2D eigenvalue weighted by molar-refractivity contribution is 5.44. The van der Waals surface area contributed by atoms with Crippen molar-refractivity contribution in [2.45, 2.75) is 19.8 Å². The molecule has 0 atom stereocenters. The van der Waals surface area contributed by atoms with Gasteiger partial charge >= 0.3 is 6.01 Å². The molecule has 118 valence electrons. The van der Waals surface area contributed by atoms with Crippen molar-refractivity contribution in [1.29, 1.82) is 0 Å². The zero-order valence-electron chi connectivity index (χ0n) is 13.1. The van der Waals surface area contributed by atoms with Gasteiger partial charge in [-0.15, -0.1) is 0 Å². The van der Waals surface area contributed by atoms with Crippen LogP contribution in [0.5, 0.6) is 17.5 Å². The number of aryl methyl sites for hydroxylation is 1. The van der Waals surface area contributed by atoms with Crippen molar-refractivity contribution in [1.82, 2.24) is 20.2 Å². The summed E-state index contributed by atoms with van der Waals surface area (Å²) in [6.45, 7) is 2.14. The molecule has 0 fully saturated rings. The first-order valence-corrected chi connectivity index (χ1v) is 7.50. The molecule has 0 radical (unpaired) electrons. The molecule has 0 aliphatic rings. The van der Waals surface area contributed by atoms with Crippen LogP contribution in [0.15, 0.2) is 48.5 Å². The van der Waals surface area contributed by atoms with Crippen molar-refractivity contribution >= 4 is 0 Å². The molecule has 2 aromatic carbocycles. The molecule has 0 saturated heterocycles. The Bertz CT molecular complexity index is 771. The molecule has 0 aliphatic heterocycles. The number of para-hydroxylation sites is 1. The van der Waals surface area contributed by atoms with Crippen molar-refractivity contribution in [3.05, 3.63) is 54.1 Å². The number of hydrogen-bond donors (Lipinski definition) is 0. The molecule has 1 heterocycles. The molecule has 0 saturated carbocycles. The van der Waals surface area contributed by atoms with Crippen LogP contribution in [0.3, 0.4) is 0 Å². The van der Waals surface area contributed by atoms with Crippen LogP contribution in [-0.2, 0) is 6.42 Å². The lowest BCUT2D eigenvalue weighted by Gasteiger charge is -2.11. The summed E-state index contributed by atoms with van der Waals surface area (Å²) < 4.78 is 12.8. The summed E-state index contributed by atoms with van der Waals surface area (Å²) in [4.78, 5) is 0. The molecule has 0 amide bonds. The Morgan fingerprint density at radius 2 is 1.87 bits per heavy atom. The minimum absolute atomic E-state index is 0.290. The van der Waals surface area contributed by atoms with Crippen molar-refractivity contribution in [3.8, 4) is 23.2 Å². The number of rotatable bonds is 6. The normalized spacial score (nSPS) is 10.5. The van der Waals surface area contributed by atoms with Crippen LogP contribution in [0, 0.1) is 0 Å². The lowest BCUT2D eigenvalue weighted by Crippen LogP contribution is -2.01. The highest BCUT2D eigenvalue weighted by Crippen LogP contribution is 2.32. The van der Waals surface area contributed by atoms with E-state index in [-0.39, 0.29) is 6.01 Å². The maximum atomic E-state index is 5.86. The smallest absolute Gasteiger partial charge is 0.346 e. The lowest BCUT2D eigenvalue weighted by molar-refractivity contribution is 0.363. The van der Waals surface area contributed by atoms with Crippen molar-refractivity contribution in [2.24, 2.45) is 0 Å². The summed E-state index contributed by atoms with van der Waals surface area (Å²) in [6.07, 6.45) is 2.08. The van der Waals surface area contributed by atoms with Gasteiger partial charge in [0.2, 0.25) is 0 Å². The standard InChI is InChI=1S/C17H18N4O2/c1-3-7-13-10-11-15(16(12-13)22-2)23-17-18-19-20-21(17)14-8-5-4-6-9-14/h4-6,8-12H,3,7H2,1-2H3. The molecule has 0 unspecified atom stereocenters. The van der Waals surface area contributed by atoms with Crippen LogP contribution in [-0.4, -0.2) is 27.3 Å². The number of aromatic nitrogens is 4. The van der Waals surface area contributed by atoms with Crippen molar-refractivity contribution < 1.29 is 9.47 Å². The fraction of sp³-hybridized carbons (Fsp3) is 0.235. The van der Waals surface area contributed by atoms with Gasteiger partial charge in [-0.3, -0.25) is 0 Å². The Morgan fingerprint density at radius 1 is 1.04 bits per heavy atom. The van der Waals surface area contributed by atoms with Crippen LogP contribution in [0.2, 0.25) is 0 Å². The molecule has 0 spiro atoms. The van der Waals surface area contributed by atoms with Gasteiger partial charge in [0.1, 0.15) is 0 Å². The summed E-state index contributed by atoms with van der Waals surface area (Å²) >= 11 is 0. The third-order valence-electron chi connectivity index (χ3n) is 3.41. The molecule has 0 aliphatic carbocycles. The monoisotopic (exact) mass is 310 g/mol. The molecule has 3 aromatic rings. The van der Waals surface area contributed by atoms with Crippen LogP contribution < -0.4 is 9.47 Å². The van der Waals surface area contributed by atoms with Gasteiger partial charge < -0.3 is 9.47 Å². The summed E-state index contributed by atoms with van der Waals surface area (Å²) in [5.41, 5.74) is 2.04. The number of methoxy groups -OCH3 is 1. The Hall–Kier alpha value is -2.89. The Morgan fingerprint density at radius 3 is 2.61 bits per heavy atom. The van der Waals surface area contributed by atoms with Gasteiger partial charge in [-0.2, -0.15) is 4.68 Å². The molecule has 1 aromatic heterocycles. The SMILES string of the molecule is CCCc1ccc(Oc2nnnn2-c2ccccc2)c(OC)c1. The molecule has 6 heteroatoms. The summed E-state index contributed by atoms with van der Waals surface area (Å²) in [5.74, 6) is 1.25. The summed E-state index contributed by atoms with van der Waals surface area (Å²) in [6, 6.07) is 15.8. The topological polar surface area (TPSA) is 62.1 Å². The van der Waals surface area contributed by atoms with E-state index in [0.717, 1.165) is 18.5 Å². The average Bonchev–Trinajstić information content (AvgIpc) is 3.05. The van der Waals surface area contributed by atoms with Crippen molar-refractivity contribution in [3.63, 3.8) is 0 Å². The van der Waals surface area contributed by atoms with Gasteiger partial charge in [-0.05, 0) is 46.7 Å². The molecular weight excluding hydrogens is 292 g/mol. The Labute approximate surface area is 134 Å². The van der Waals surface area contributed by atoms with Crippen LogP contribution >= 0.6 is 0 Å². The number of hydrogen-bond acceptors (Lipinski definition) is 5. The second-order valence-electron chi connectivity index (χ2n) is 5.05. The molecule has 0 bridgehead atoms. The number of benzene rings is 2. The minimum Gasteiger partial charge on any atom is -0.493 e. The first-order chi connectivity index (χ1) is 11.3. The van der Waals surface area contributed by atoms with E-state index < -0.39 is 0 Å². The zero-order chi connectivity index (χ0) is 16.1. The molecule has 3 rings (SSSR count). The number of nitrogens with zero attached hydrogens (tertiary/aromatic N) is 4. The second-order valence-corrected chi connectivity index (χ2v) is 5.05. The van der Waals surface area contributed by atoms with E-state index in [1.54, 1.807) is 11.8 Å².